The lowest BCUT2D eigenvalue weighted by Gasteiger charge is -2.13. The van der Waals surface area contributed by atoms with Crippen LogP contribution in [-0.2, 0) is 6.61 Å². The highest BCUT2D eigenvalue weighted by molar-refractivity contribution is 9.10. The number of halogens is 1. The molecule has 1 heterocycles. The van der Waals surface area contributed by atoms with Crippen molar-refractivity contribution < 1.29 is 9.47 Å². The molecule has 2 N–H and O–H groups in total. The van der Waals surface area contributed by atoms with Crippen LogP contribution in [0.15, 0.2) is 56.8 Å². The molecule has 0 aliphatic rings. The summed E-state index contributed by atoms with van der Waals surface area (Å²) in [6, 6.07) is 13.5. The maximum Gasteiger partial charge on any atom is 0.274 e. The van der Waals surface area contributed by atoms with E-state index < -0.39 is 0 Å². The molecule has 0 unspecified atom stereocenters. The van der Waals surface area contributed by atoms with E-state index in [2.05, 4.69) is 41.6 Å². The van der Waals surface area contributed by atoms with Crippen molar-refractivity contribution in [2.24, 2.45) is 5.10 Å². The number of H-pyrrole nitrogens is 1. The fourth-order valence-corrected chi connectivity index (χ4v) is 2.87. The molecule has 0 amide bonds. The van der Waals surface area contributed by atoms with Gasteiger partial charge in [-0.1, -0.05) is 30.3 Å². The number of nitrogens with one attached hydrogen (secondary N) is 2. The van der Waals surface area contributed by atoms with Gasteiger partial charge in [0.1, 0.15) is 12.3 Å². The molecule has 144 valence electrons. The number of methoxy groups -OCH3 is 1. The Kier molecular flexibility index (Phi) is 6.38. The van der Waals surface area contributed by atoms with E-state index in [0.29, 0.717) is 18.1 Å². The Morgan fingerprint density at radius 2 is 2.04 bits per heavy atom. The summed E-state index contributed by atoms with van der Waals surface area (Å²) in [5.74, 6) is 1.32. The van der Waals surface area contributed by atoms with E-state index in [1.807, 2.05) is 36.4 Å². The van der Waals surface area contributed by atoms with Crippen LogP contribution in [0.3, 0.4) is 0 Å². The quantitative estimate of drug-likeness (QED) is 0.429. The van der Waals surface area contributed by atoms with Crippen molar-refractivity contribution in [3.8, 4) is 11.5 Å². The molecule has 0 bridgehead atoms. The van der Waals surface area contributed by atoms with Gasteiger partial charge in [-0.05, 0) is 46.1 Å². The molecule has 9 heteroatoms. The Bertz CT molecular complexity index is 1040. The summed E-state index contributed by atoms with van der Waals surface area (Å²) in [4.78, 5) is 14.0. The third kappa shape index (κ3) is 4.95. The molecular weight excluding hydrogens is 426 g/mol. The molecule has 3 rings (SSSR count). The molecule has 0 aliphatic heterocycles. The maximum atomic E-state index is 11.5. The first-order chi connectivity index (χ1) is 13.6. The standard InChI is InChI=1S/C19H18BrN5O3/c1-12-18(26)22-19(25-23-12)24-21-10-14-8-15(20)17(16(9-14)27-2)28-11-13-6-4-3-5-7-13/h3-10H,11H2,1-2H3,(H2,22,24,25,26)/b21-10+. The second kappa shape index (κ2) is 9.14. The Morgan fingerprint density at radius 3 is 2.75 bits per heavy atom. The van der Waals surface area contributed by atoms with Gasteiger partial charge in [0.25, 0.3) is 5.56 Å². The second-order valence-electron chi connectivity index (χ2n) is 5.77. The third-order valence-corrected chi connectivity index (χ3v) is 4.31. The van der Waals surface area contributed by atoms with Gasteiger partial charge < -0.3 is 9.47 Å². The highest BCUT2D eigenvalue weighted by atomic mass is 79.9. The van der Waals surface area contributed by atoms with Gasteiger partial charge >= 0.3 is 0 Å². The molecule has 0 radical (unpaired) electrons. The van der Waals surface area contributed by atoms with Gasteiger partial charge in [-0.15, -0.1) is 10.2 Å². The third-order valence-electron chi connectivity index (χ3n) is 3.72. The fraction of sp³-hybridized carbons (Fsp3) is 0.158. The highest BCUT2D eigenvalue weighted by Crippen LogP contribution is 2.36. The van der Waals surface area contributed by atoms with Crippen LogP contribution >= 0.6 is 15.9 Å². The number of aromatic nitrogens is 3. The Balaban J connectivity index is 1.72. The van der Waals surface area contributed by atoms with Crippen LogP contribution in [0.4, 0.5) is 5.95 Å². The van der Waals surface area contributed by atoms with Gasteiger partial charge in [0.05, 0.1) is 17.8 Å². The SMILES string of the molecule is COc1cc(/C=N/Nc2nnc(C)c(=O)[nH]2)cc(Br)c1OCc1ccccc1. The van der Waals surface area contributed by atoms with Crippen molar-refractivity contribution in [1.29, 1.82) is 0 Å². The summed E-state index contributed by atoms with van der Waals surface area (Å²) in [7, 11) is 1.57. The van der Waals surface area contributed by atoms with Gasteiger partial charge in [-0.2, -0.15) is 5.10 Å². The molecule has 0 fully saturated rings. The topological polar surface area (TPSA) is 101 Å². The molecule has 3 aromatic rings. The lowest BCUT2D eigenvalue weighted by Crippen LogP contribution is -2.15. The zero-order valence-corrected chi connectivity index (χ0v) is 16.9. The molecule has 0 atom stereocenters. The van der Waals surface area contributed by atoms with Crippen LogP contribution in [0.2, 0.25) is 0 Å². The highest BCUT2D eigenvalue weighted by Gasteiger charge is 2.11. The van der Waals surface area contributed by atoms with Gasteiger partial charge in [0.2, 0.25) is 5.95 Å². The number of benzene rings is 2. The van der Waals surface area contributed by atoms with Crippen LogP contribution in [0, 0.1) is 6.92 Å². The van der Waals surface area contributed by atoms with Crippen LogP contribution in [0.5, 0.6) is 11.5 Å². The first-order valence-electron chi connectivity index (χ1n) is 8.33. The molecule has 28 heavy (non-hydrogen) atoms. The Labute approximate surface area is 169 Å². The first kappa shape index (κ1) is 19.6. The molecule has 0 spiro atoms. The summed E-state index contributed by atoms with van der Waals surface area (Å²) >= 11 is 3.51. The molecule has 2 aromatic carbocycles. The molecule has 0 saturated carbocycles. The minimum Gasteiger partial charge on any atom is -0.493 e. The van der Waals surface area contributed by atoms with Gasteiger partial charge in [-0.25, -0.2) is 5.43 Å². The molecule has 1 aromatic heterocycles. The van der Waals surface area contributed by atoms with Crippen LogP contribution in [0.1, 0.15) is 16.8 Å². The molecule has 0 aliphatic carbocycles. The predicted molar refractivity (Wildman–Crippen MR) is 110 cm³/mol. The number of aromatic amines is 1. The van der Waals surface area contributed by atoms with Crippen LogP contribution < -0.4 is 20.5 Å². The van der Waals surface area contributed by atoms with Crippen molar-refractivity contribution >= 4 is 28.1 Å². The van der Waals surface area contributed by atoms with Crippen LogP contribution in [0.25, 0.3) is 0 Å². The number of rotatable bonds is 7. The van der Waals surface area contributed by atoms with Crippen molar-refractivity contribution in [2.45, 2.75) is 13.5 Å². The lowest BCUT2D eigenvalue weighted by atomic mass is 10.2. The van der Waals surface area contributed by atoms with E-state index in [1.54, 1.807) is 26.3 Å². The summed E-state index contributed by atoms with van der Waals surface area (Å²) in [6.45, 7) is 1.99. The zero-order valence-electron chi connectivity index (χ0n) is 15.3. The summed E-state index contributed by atoms with van der Waals surface area (Å²) in [5.41, 5.74) is 4.41. The number of nitrogens with zero attached hydrogens (tertiary/aromatic N) is 3. The number of ether oxygens (including phenoxy) is 2. The normalized spacial score (nSPS) is 10.8. The van der Waals surface area contributed by atoms with Gasteiger partial charge in [0.15, 0.2) is 11.5 Å². The van der Waals surface area contributed by atoms with Crippen molar-refractivity contribution in [3.05, 3.63) is 74.1 Å². The molecular formula is C19H18BrN5O3. The van der Waals surface area contributed by atoms with E-state index in [0.717, 1.165) is 15.6 Å². The minimum atomic E-state index is -0.322. The van der Waals surface area contributed by atoms with Crippen molar-refractivity contribution in [2.75, 3.05) is 12.5 Å². The number of aryl methyl sites for hydroxylation is 1. The summed E-state index contributed by atoms with van der Waals surface area (Å²) < 4.78 is 12.1. The van der Waals surface area contributed by atoms with E-state index >= 15 is 0 Å². The number of hydrogen-bond donors (Lipinski definition) is 2. The smallest absolute Gasteiger partial charge is 0.274 e. The zero-order chi connectivity index (χ0) is 19.9. The van der Waals surface area contributed by atoms with E-state index in [4.69, 9.17) is 9.47 Å². The lowest BCUT2D eigenvalue weighted by molar-refractivity contribution is 0.282. The molecule has 0 saturated heterocycles. The van der Waals surface area contributed by atoms with Crippen molar-refractivity contribution in [1.82, 2.24) is 15.2 Å². The Hall–Kier alpha value is -3.20. The summed E-state index contributed by atoms with van der Waals surface area (Å²) in [6.07, 6.45) is 1.56. The van der Waals surface area contributed by atoms with Gasteiger partial charge in [0, 0.05) is 0 Å². The minimum absolute atomic E-state index is 0.153. The number of anilines is 1. The largest absolute Gasteiger partial charge is 0.493 e. The van der Waals surface area contributed by atoms with Crippen molar-refractivity contribution in [3.63, 3.8) is 0 Å². The van der Waals surface area contributed by atoms with E-state index in [1.165, 1.54) is 0 Å². The monoisotopic (exact) mass is 443 g/mol. The average Bonchev–Trinajstić information content (AvgIpc) is 2.70. The fourth-order valence-electron chi connectivity index (χ4n) is 2.30. The average molecular weight is 444 g/mol. The number of hydrazone groups is 1. The Morgan fingerprint density at radius 1 is 1.25 bits per heavy atom. The maximum absolute atomic E-state index is 11.5. The van der Waals surface area contributed by atoms with Crippen LogP contribution in [-0.4, -0.2) is 28.5 Å². The van der Waals surface area contributed by atoms with Gasteiger partial charge in [-0.3, -0.25) is 9.78 Å². The molecule has 8 nitrogen and oxygen atoms in total. The van der Waals surface area contributed by atoms with E-state index in [-0.39, 0.29) is 17.2 Å². The second-order valence-corrected chi connectivity index (χ2v) is 6.62. The first-order valence-corrected chi connectivity index (χ1v) is 9.13. The van der Waals surface area contributed by atoms with E-state index in [9.17, 15) is 4.79 Å². The number of hydrogen-bond acceptors (Lipinski definition) is 7. The summed E-state index contributed by atoms with van der Waals surface area (Å²) in [5, 5.41) is 11.6. The predicted octanol–water partition coefficient (Wildman–Crippen LogP) is 3.27.